The van der Waals surface area contributed by atoms with Crippen molar-refractivity contribution < 1.29 is 9.90 Å². The van der Waals surface area contributed by atoms with E-state index in [1.807, 2.05) is 20.8 Å². The van der Waals surface area contributed by atoms with Crippen LogP contribution in [0.1, 0.15) is 33.6 Å². The van der Waals surface area contributed by atoms with Crippen LogP contribution in [0.4, 0.5) is 0 Å². The highest BCUT2D eigenvalue weighted by molar-refractivity contribution is 5.76. The van der Waals surface area contributed by atoms with Crippen molar-refractivity contribution in [3.63, 3.8) is 0 Å². The topological polar surface area (TPSA) is 40.5 Å². The van der Waals surface area contributed by atoms with Crippen molar-refractivity contribution in [3.8, 4) is 0 Å². The van der Waals surface area contributed by atoms with E-state index >= 15 is 0 Å². The lowest BCUT2D eigenvalue weighted by atomic mass is 10.1. The number of hydrogen-bond acceptors (Lipinski definition) is 2. The van der Waals surface area contributed by atoms with E-state index in [2.05, 4.69) is 0 Å². The van der Waals surface area contributed by atoms with Crippen molar-refractivity contribution in [1.82, 2.24) is 4.90 Å². The molecule has 1 amide bonds. The molecule has 3 nitrogen and oxygen atoms in total. The van der Waals surface area contributed by atoms with E-state index in [0.29, 0.717) is 25.3 Å². The fraction of sp³-hybridized carbons (Fsp3) is 0.900. The maximum absolute atomic E-state index is 11.5. The molecule has 0 atom stereocenters. The summed E-state index contributed by atoms with van der Waals surface area (Å²) in [6, 6.07) is 0. The summed E-state index contributed by atoms with van der Waals surface area (Å²) >= 11 is 0. The number of aliphatic hydroxyl groups is 1. The van der Waals surface area contributed by atoms with Gasteiger partial charge in [0, 0.05) is 26.1 Å². The maximum Gasteiger partial charge on any atom is 0.222 e. The molecule has 0 aliphatic carbocycles. The highest BCUT2D eigenvalue weighted by Gasteiger charge is 2.11. The van der Waals surface area contributed by atoms with Gasteiger partial charge in [0.2, 0.25) is 5.91 Å². The summed E-state index contributed by atoms with van der Waals surface area (Å²) in [7, 11) is 0. The molecule has 13 heavy (non-hydrogen) atoms. The Kier molecular flexibility index (Phi) is 6.59. The number of carbonyl (C=O) groups excluding carboxylic acids is 1. The van der Waals surface area contributed by atoms with E-state index in [4.69, 9.17) is 5.11 Å². The molecule has 0 unspecified atom stereocenters. The van der Waals surface area contributed by atoms with Gasteiger partial charge in [0.1, 0.15) is 0 Å². The van der Waals surface area contributed by atoms with Crippen molar-refractivity contribution in [2.75, 3.05) is 19.7 Å². The third kappa shape index (κ3) is 5.64. The maximum atomic E-state index is 11.5. The van der Waals surface area contributed by atoms with E-state index < -0.39 is 0 Å². The van der Waals surface area contributed by atoms with Gasteiger partial charge in [-0.2, -0.15) is 0 Å². The highest BCUT2D eigenvalue weighted by atomic mass is 16.3. The van der Waals surface area contributed by atoms with Gasteiger partial charge >= 0.3 is 0 Å². The third-order valence-corrected chi connectivity index (χ3v) is 1.90. The fourth-order valence-corrected chi connectivity index (χ4v) is 1.20. The largest absolute Gasteiger partial charge is 0.396 e. The second-order valence-corrected chi connectivity index (χ2v) is 3.65. The fourth-order valence-electron chi connectivity index (χ4n) is 1.20. The Morgan fingerprint density at radius 3 is 2.46 bits per heavy atom. The van der Waals surface area contributed by atoms with Crippen molar-refractivity contribution in [1.29, 1.82) is 0 Å². The lowest BCUT2D eigenvalue weighted by molar-refractivity contribution is -0.131. The van der Waals surface area contributed by atoms with E-state index in [1.165, 1.54) is 0 Å². The van der Waals surface area contributed by atoms with E-state index in [9.17, 15) is 4.79 Å². The summed E-state index contributed by atoms with van der Waals surface area (Å²) in [5.74, 6) is 0.613. The minimum atomic E-state index is 0.158. The summed E-state index contributed by atoms with van der Waals surface area (Å²) in [6.07, 6.45) is 1.29. The van der Waals surface area contributed by atoms with Crippen LogP contribution in [0.15, 0.2) is 0 Å². The lowest BCUT2D eigenvalue weighted by Gasteiger charge is -2.21. The number of rotatable bonds is 6. The van der Waals surface area contributed by atoms with Crippen LogP contribution in [0, 0.1) is 5.92 Å². The summed E-state index contributed by atoms with van der Waals surface area (Å²) in [5, 5.41) is 8.64. The second-order valence-electron chi connectivity index (χ2n) is 3.65. The van der Waals surface area contributed by atoms with Crippen LogP contribution in [-0.4, -0.2) is 35.6 Å². The quantitative estimate of drug-likeness (QED) is 0.680. The number of nitrogens with zero attached hydrogens (tertiary/aromatic N) is 1. The van der Waals surface area contributed by atoms with Gasteiger partial charge in [-0.05, 0) is 19.3 Å². The van der Waals surface area contributed by atoms with Crippen LogP contribution in [0.2, 0.25) is 0 Å². The zero-order valence-electron chi connectivity index (χ0n) is 8.92. The molecule has 0 radical (unpaired) electrons. The lowest BCUT2D eigenvalue weighted by Crippen LogP contribution is -2.32. The number of aliphatic hydroxyl groups excluding tert-OH is 1. The molecule has 0 fully saturated rings. The van der Waals surface area contributed by atoms with Crippen LogP contribution >= 0.6 is 0 Å². The molecule has 0 aromatic heterocycles. The monoisotopic (exact) mass is 187 g/mol. The van der Waals surface area contributed by atoms with Gasteiger partial charge in [0.25, 0.3) is 0 Å². The van der Waals surface area contributed by atoms with Crippen molar-refractivity contribution in [2.45, 2.75) is 33.6 Å². The van der Waals surface area contributed by atoms with Gasteiger partial charge in [0.15, 0.2) is 0 Å². The van der Waals surface area contributed by atoms with Crippen LogP contribution < -0.4 is 0 Å². The predicted octanol–water partition coefficient (Wildman–Crippen LogP) is 1.26. The van der Waals surface area contributed by atoms with E-state index in [0.717, 1.165) is 6.54 Å². The number of amides is 1. The van der Waals surface area contributed by atoms with Crippen molar-refractivity contribution in [2.24, 2.45) is 5.92 Å². The first-order valence-corrected chi connectivity index (χ1v) is 5.00. The zero-order valence-corrected chi connectivity index (χ0v) is 8.92. The minimum absolute atomic E-state index is 0.158. The normalized spacial score (nSPS) is 10.5. The molecule has 78 valence electrons. The van der Waals surface area contributed by atoms with Crippen molar-refractivity contribution in [3.05, 3.63) is 0 Å². The average molecular weight is 187 g/mol. The molecule has 0 heterocycles. The molecule has 0 rings (SSSR count). The van der Waals surface area contributed by atoms with Crippen LogP contribution in [0.3, 0.4) is 0 Å². The van der Waals surface area contributed by atoms with Gasteiger partial charge < -0.3 is 10.0 Å². The molecule has 0 bridgehead atoms. The Morgan fingerprint density at radius 2 is 2.08 bits per heavy atom. The van der Waals surface area contributed by atoms with Gasteiger partial charge in [-0.1, -0.05) is 13.8 Å². The summed E-state index contributed by atoms with van der Waals surface area (Å²) < 4.78 is 0. The standard InChI is InChI=1S/C10H21NO2/c1-4-11(6-5-7-12)10(13)8-9(2)3/h9,12H,4-8H2,1-3H3. The summed E-state index contributed by atoms with van der Waals surface area (Å²) in [6.45, 7) is 7.63. The van der Waals surface area contributed by atoms with Gasteiger partial charge in [-0.3, -0.25) is 4.79 Å². The summed E-state index contributed by atoms with van der Waals surface area (Å²) in [5.41, 5.74) is 0. The second kappa shape index (κ2) is 6.89. The Bertz CT molecular complexity index is 146. The van der Waals surface area contributed by atoms with E-state index in [1.54, 1.807) is 4.90 Å². The zero-order chi connectivity index (χ0) is 10.3. The Labute approximate surface area is 80.7 Å². The molecular weight excluding hydrogens is 166 g/mol. The van der Waals surface area contributed by atoms with Gasteiger partial charge in [0.05, 0.1) is 0 Å². The van der Waals surface area contributed by atoms with Gasteiger partial charge in [-0.25, -0.2) is 0 Å². The average Bonchev–Trinajstić information content (AvgIpc) is 2.04. The molecule has 0 aliphatic rings. The predicted molar refractivity (Wildman–Crippen MR) is 53.4 cm³/mol. The molecule has 0 aromatic carbocycles. The number of carbonyl (C=O) groups is 1. The van der Waals surface area contributed by atoms with Crippen molar-refractivity contribution >= 4 is 5.91 Å². The first-order chi connectivity index (χ1) is 6.11. The van der Waals surface area contributed by atoms with E-state index in [-0.39, 0.29) is 12.5 Å². The molecule has 0 aliphatic heterocycles. The molecule has 0 spiro atoms. The first kappa shape index (κ1) is 12.4. The molecule has 1 N–H and O–H groups in total. The summed E-state index contributed by atoms with van der Waals surface area (Å²) in [4.78, 5) is 13.3. The van der Waals surface area contributed by atoms with Crippen LogP contribution in [0.25, 0.3) is 0 Å². The number of hydrogen-bond donors (Lipinski definition) is 1. The molecule has 0 saturated carbocycles. The Morgan fingerprint density at radius 1 is 1.46 bits per heavy atom. The van der Waals surface area contributed by atoms with Gasteiger partial charge in [-0.15, -0.1) is 0 Å². The minimum Gasteiger partial charge on any atom is -0.396 e. The SMILES string of the molecule is CCN(CCCO)C(=O)CC(C)C. The molecule has 0 aromatic rings. The van der Waals surface area contributed by atoms with Crippen LogP contribution in [-0.2, 0) is 4.79 Å². The molecular formula is C10H21NO2. The smallest absolute Gasteiger partial charge is 0.222 e. The van der Waals surface area contributed by atoms with Crippen LogP contribution in [0.5, 0.6) is 0 Å². The molecule has 3 heteroatoms. The third-order valence-electron chi connectivity index (χ3n) is 1.90. The Hall–Kier alpha value is -0.570. The molecule has 0 saturated heterocycles. The Balaban J connectivity index is 3.84. The first-order valence-electron chi connectivity index (χ1n) is 5.00. The highest BCUT2D eigenvalue weighted by Crippen LogP contribution is 2.04.